The first-order valence-electron chi connectivity index (χ1n) is 10.2. The van der Waals surface area contributed by atoms with Crippen molar-refractivity contribution in [3.8, 4) is 0 Å². The number of rotatable bonds is 5. The Labute approximate surface area is 183 Å². The van der Waals surface area contributed by atoms with E-state index < -0.39 is 10.0 Å². The number of hydrogen-bond donors (Lipinski definition) is 1. The Morgan fingerprint density at radius 2 is 1.45 bits per heavy atom. The highest BCUT2D eigenvalue weighted by atomic mass is 32.2. The summed E-state index contributed by atoms with van der Waals surface area (Å²) in [5.74, 6) is -0.137. The van der Waals surface area contributed by atoms with E-state index in [2.05, 4.69) is 21.8 Å². The van der Waals surface area contributed by atoms with Crippen LogP contribution in [0.1, 0.15) is 15.9 Å². The van der Waals surface area contributed by atoms with E-state index in [0.717, 1.165) is 24.3 Å². The van der Waals surface area contributed by atoms with Crippen LogP contribution < -0.4 is 9.62 Å². The van der Waals surface area contributed by atoms with Crippen LogP contribution in [0.15, 0.2) is 83.8 Å². The lowest BCUT2D eigenvalue weighted by atomic mass is 10.1. The van der Waals surface area contributed by atoms with Gasteiger partial charge >= 0.3 is 0 Å². The van der Waals surface area contributed by atoms with Gasteiger partial charge in [-0.05, 0) is 48.9 Å². The zero-order chi connectivity index (χ0) is 21.8. The zero-order valence-corrected chi connectivity index (χ0v) is 18.2. The molecule has 0 saturated carbocycles. The molecule has 1 N–H and O–H groups in total. The van der Waals surface area contributed by atoms with Crippen molar-refractivity contribution in [1.29, 1.82) is 0 Å². The fourth-order valence-electron chi connectivity index (χ4n) is 3.70. The molecule has 1 amide bonds. The van der Waals surface area contributed by atoms with Crippen LogP contribution in [0.25, 0.3) is 0 Å². The minimum Gasteiger partial charge on any atom is -0.368 e. The number of sulfonamides is 1. The molecule has 0 atom stereocenters. The standard InChI is InChI=1S/C24H25N3O3S/c1-19-12-13-22(31(29,30)25-20-8-4-2-5-9-20)18-23(19)24(28)27-16-14-26(15-17-27)21-10-6-3-7-11-21/h2-13,18,25H,14-17H2,1H3. The van der Waals surface area contributed by atoms with Gasteiger partial charge in [-0.2, -0.15) is 0 Å². The second kappa shape index (κ2) is 8.81. The zero-order valence-electron chi connectivity index (χ0n) is 17.4. The molecule has 31 heavy (non-hydrogen) atoms. The van der Waals surface area contributed by atoms with Gasteiger partial charge in [0, 0.05) is 43.1 Å². The number of benzene rings is 3. The van der Waals surface area contributed by atoms with Gasteiger partial charge in [-0.25, -0.2) is 8.42 Å². The van der Waals surface area contributed by atoms with Gasteiger partial charge in [-0.15, -0.1) is 0 Å². The summed E-state index contributed by atoms with van der Waals surface area (Å²) < 4.78 is 28.2. The molecule has 160 valence electrons. The largest absolute Gasteiger partial charge is 0.368 e. The topological polar surface area (TPSA) is 69.7 Å². The predicted octanol–water partition coefficient (Wildman–Crippen LogP) is 3.76. The monoisotopic (exact) mass is 435 g/mol. The van der Waals surface area contributed by atoms with Crippen molar-refractivity contribution in [1.82, 2.24) is 4.90 Å². The molecule has 1 heterocycles. The summed E-state index contributed by atoms with van der Waals surface area (Å²) in [7, 11) is -3.79. The van der Waals surface area contributed by atoms with Crippen molar-refractivity contribution in [2.45, 2.75) is 11.8 Å². The molecule has 1 fully saturated rings. The van der Waals surface area contributed by atoms with E-state index in [9.17, 15) is 13.2 Å². The SMILES string of the molecule is Cc1ccc(S(=O)(=O)Nc2ccccc2)cc1C(=O)N1CCN(c2ccccc2)CC1. The van der Waals surface area contributed by atoms with Crippen LogP contribution in [0.4, 0.5) is 11.4 Å². The Hall–Kier alpha value is -3.32. The summed E-state index contributed by atoms with van der Waals surface area (Å²) in [6, 6.07) is 23.5. The lowest BCUT2D eigenvalue weighted by Gasteiger charge is -2.36. The third-order valence-electron chi connectivity index (χ3n) is 5.46. The molecule has 6 nitrogen and oxygen atoms in total. The minimum atomic E-state index is -3.79. The van der Waals surface area contributed by atoms with Crippen molar-refractivity contribution in [2.75, 3.05) is 35.8 Å². The van der Waals surface area contributed by atoms with E-state index in [1.807, 2.05) is 31.2 Å². The van der Waals surface area contributed by atoms with E-state index in [1.54, 1.807) is 35.2 Å². The maximum absolute atomic E-state index is 13.2. The smallest absolute Gasteiger partial charge is 0.261 e. The number of piperazine rings is 1. The maximum atomic E-state index is 13.2. The van der Waals surface area contributed by atoms with Crippen LogP contribution in [-0.2, 0) is 10.0 Å². The van der Waals surface area contributed by atoms with Crippen molar-refractivity contribution < 1.29 is 13.2 Å². The van der Waals surface area contributed by atoms with Gasteiger partial charge in [0.25, 0.3) is 15.9 Å². The van der Waals surface area contributed by atoms with E-state index >= 15 is 0 Å². The summed E-state index contributed by atoms with van der Waals surface area (Å²) in [6.45, 7) is 4.48. The number of carbonyl (C=O) groups excluding carboxylic acids is 1. The first-order chi connectivity index (χ1) is 14.9. The van der Waals surface area contributed by atoms with E-state index in [0.29, 0.717) is 24.3 Å². The maximum Gasteiger partial charge on any atom is 0.261 e. The lowest BCUT2D eigenvalue weighted by Crippen LogP contribution is -2.49. The van der Waals surface area contributed by atoms with E-state index in [1.165, 1.54) is 12.1 Å². The Morgan fingerprint density at radius 1 is 0.839 bits per heavy atom. The molecule has 0 aromatic heterocycles. The number of anilines is 2. The Morgan fingerprint density at radius 3 is 2.10 bits per heavy atom. The molecule has 7 heteroatoms. The number of nitrogens with zero attached hydrogens (tertiary/aromatic N) is 2. The molecule has 4 rings (SSSR count). The fraction of sp³-hybridized carbons (Fsp3) is 0.208. The lowest BCUT2D eigenvalue weighted by molar-refractivity contribution is 0.0746. The van der Waals surface area contributed by atoms with E-state index in [-0.39, 0.29) is 10.8 Å². The van der Waals surface area contributed by atoms with Crippen LogP contribution in [0.2, 0.25) is 0 Å². The normalized spacial score (nSPS) is 14.4. The first kappa shape index (κ1) is 20.9. The summed E-state index contributed by atoms with van der Waals surface area (Å²) in [5.41, 5.74) is 2.80. The number of nitrogens with one attached hydrogen (secondary N) is 1. The summed E-state index contributed by atoms with van der Waals surface area (Å²) in [4.78, 5) is 17.3. The van der Waals surface area contributed by atoms with Gasteiger partial charge in [0.15, 0.2) is 0 Å². The van der Waals surface area contributed by atoms with E-state index in [4.69, 9.17) is 0 Å². The third kappa shape index (κ3) is 4.72. The molecule has 0 spiro atoms. The number of para-hydroxylation sites is 2. The van der Waals surface area contributed by atoms with Crippen LogP contribution in [0.3, 0.4) is 0 Å². The Bertz CT molecular complexity index is 1160. The number of carbonyl (C=O) groups is 1. The van der Waals surface area contributed by atoms with Crippen molar-refractivity contribution in [3.05, 3.63) is 90.0 Å². The van der Waals surface area contributed by atoms with Crippen LogP contribution in [-0.4, -0.2) is 45.4 Å². The molecular weight excluding hydrogens is 410 g/mol. The molecule has 1 aliphatic rings. The van der Waals surface area contributed by atoms with Gasteiger partial charge < -0.3 is 9.80 Å². The van der Waals surface area contributed by atoms with Gasteiger partial charge in [-0.3, -0.25) is 9.52 Å². The van der Waals surface area contributed by atoms with Gasteiger partial charge in [0.1, 0.15) is 0 Å². The molecule has 0 aliphatic carbocycles. The molecule has 3 aromatic rings. The summed E-state index contributed by atoms with van der Waals surface area (Å²) >= 11 is 0. The number of hydrogen-bond acceptors (Lipinski definition) is 4. The highest BCUT2D eigenvalue weighted by Crippen LogP contribution is 2.22. The highest BCUT2D eigenvalue weighted by Gasteiger charge is 2.25. The average Bonchev–Trinajstić information content (AvgIpc) is 2.80. The van der Waals surface area contributed by atoms with Crippen LogP contribution in [0, 0.1) is 6.92 Å². The Kier molecular flexibility index (Phi) is 5.95. The molecular formula is C24H25N3O3S. The van der Waals surface area contributed by atoms with Crippen molar-refractivity contribution in [2.24, 2.45) is 0 Å². The van der Waals surface area contributed by atoms with Gasteiger partial charge in [0.05, 0.1) is 4.90 Å². The Balaban J connectivity index is 1.50. The second-order valence-electron chi connectivity index (χ2n) is 7.56. The highest BCUT2D eigenvalue weighted by molar-refractivity contribution is 7.92. The molecule has 0 bridgehead atoms. The number of amides is 1. The van der Waals surface area contributed by atoms with Crippen molar-refractivity contribution in [3.63, 3.8) is 0 Å². The van der Waals surface area contributed by atoms with Crippen LogP contribution in [0.5, 0.6) is 0 Å². The molecule has 0 unspecified atom stereocenters. The predicted molar refractivity (Wildman–Crippen MR) is 123 cm³/mol. The first-order valence-corrected chi connectivity index (χ1v) is 11.7. The minimum absolute atomic E-state index is 0.0771. The average molecular weight is 436 g/mol. The second-order valence-corrected chi connectivity index (χ2v) is 9.25. The molecule has 1 aliphatic heterocycles. The van der Waals surface area contributed by atoms with Crippen molar-refractivity contribution >= 4 is 27.3 Å². The quantitative estimate of drug-likeness (QED) is 0.663. The van der Waals surface area contributed by atoms with Gasteiger partial charge in [0.2, 0.25) is 0 Å². The fourth-order valence-corrected chi connectivity index (χ4v) is 4.78. The molecule has 0 radical (unpaired) electrons. The number of aryl methyl sites for hydroxylation is 1. The summed E-state index contributed by atoms with van der Waals surface area (Å²) in [6.07, 6.45) is 0. The molecule has 1 saturated heterocycles. The van der Waals surface area contributed by atoms with Crippen LogP contribution >= 0.6 is 0 Å². The van der Waals surface area contributed by atoms with Gasteiger partial charge in [-0.1, -0.05) is 42.5 Å². The molecule has 3 aromatic carbocycles. The summed E-state index contributed by atoms with van der Waals surface area (Å²) in [5, 5.41) is 0. The third-order valence-corrected chi connectivity index (χ3v) is 6.84.